The summed E-state index contributed by atoms with van der Waals surface area (Å²) < 4.78 is 5.87. The molecular weight excluding hydrogens is 262 g/mol. The number of halogens is 1. The van der Waals surface area contributed by atoms with Crippen molar-refractivity contribution in [1.82, 2.24) is 10.4 Å². The fourth-order valence-corrected chi connectivity index (χ4v) is 2.41. The molecule has 0 saturated heterocycles. The van der Waals surface area contributed by atoms with Crippen molar-refractivity contribution in [2.45, 2.75) is 46.3 Å². The molecule has 19 heavy (non-hydrogen) atoms. The average Bonchev–Trinajstić information content (AvgIpc) is 2.34. The van der Waals surface area contributed by atoms with Crippen molar-refractivity contribution < 1.29 is 4.74 Å². The molecule has 0 spiro atoms. The molecule has 2 atom stereocenters. The number of rotatable bonds is 6. The molecule has 1 rings (SSSR count). The second-order valence-electron chi connectivity index (χ2n) is 5.69. The smallest absolute Gasteiger partial charge is 0.0792 e. The summed E-state index contributed by atoms with van der Waals surface area (Å²) in [6, 6.07) is 1.91. The number of ether oxygens (including phenoxy) is 1. The first-order chi connectivity index (χ1) is 8.90. The molecule has 0 aliphatic carbocycles. The highest BCUT2D eigenvalue weighted by Crippen LogP contribution is 2.27. The first-order valence-corrected chi connectivity index (χ1v) is 6.94. The van der Waals surface area contributed by atoms with Gasteiger partial charge in [0.05, 0.1) is 17.2 Å². The van der Waals surface area contributed by atoms with Crippen LogP contribution in [0.5, 0.6) is 0 Å². The van der Waals surface area contributed by atoms with Crippen LogP contribution in [0.15, 0.2) is 18.5 Å². The molecule has 0 aliphatic rings. The maximum Gasteiger partial charge on any atom is 0.0792 e. The van der Waals surface area contributed by atoms with E-state index in [0.29, 0.717) is 18.1 Å². The van der Waals surface area contributed by atoms with E-state index in [9.17, 15) is 0 Å². The molecule has 1 aromatic heterocycles. The minimum atomic E-state index is -0.00739. The van der Waals surface area contributed by atoms with E-state index >= 15 is 0 Å². The number of hydrazine groups is 1. The summed E-state index contributed by atoms with van der Waals surface area (Å²) >= 11 is 6.15. The number of hydrogen-bond acceptors (Lipinski definition) is 4. The number of nitrogens with zero attached hydrogens (tertiary/aromatic N) is 1. The molecule has 4 nitrogen and oxygen atoms in total. The number of hydrogen-bond donors (Lipinski definition) is 2. The molecule has 1 aromatic rings. The van der Waals surface area contributed by atoms with Gasteiger partial charge in [-0.25, -0.2) is 0 Å². The zero-order chi connectivity index (χ0) is 14.5. The normalized spacial score (nSPS) is 15.3. The van der Waals surface area contributed by atoms with Gasteiger partial charge >= 0.3 is 0 Å². The fraction of sp³-hybridized carbons (Fsp3) is 0.643. The van der Waals surface area contributed by atoms with Gasteiger partial charge in [0.1, 0.15) is 0 Å². The van der Waals surface area contributed by atoms with Gasteiger partial charge in [-0.2, -0.15) is 0 Å². The van der Waals surface area contributed by atoms with Crippen LogP contribution in [0.2, 0.25) is 5.02 Å². The Morgan fingerprint density at radius 2 is 2.16 bits per heavy atom. The Balaban J connectivity index is 2.89. The first-order valence-electron chi connectivity index (χ1n) is 6.56. The molecule has 0 aromatic carbocycles. The highest BCUT2D eigenvalue weighted by atomic mass is 35.5. The third-order valence-corrected chi connectivity index (χ3v) is 3.42. The predicted octanol–water partition coefficient (Wildman–Crippen LogP) is 2.56. The quantitative estimate of drug-likeness (QED) is 0.623. The second-order valence-corrected chi connectivity index (χ2v) is 6.09. The lowest BCUT2D eigenvalue weighted by molar-refractivity contribution is -0.0356. The van der Waals surface area contributed by atoms with E-state index in [2.05, 4.69) is 31.2 Å². The first kappa shape index (κ1) is 16.4. The van der Waals surface area contributed by atoms with E-state index in [1.54, 1.807) is 12.4 Å². The lowest BCUT2D eigenvalue weighted by Gasteiger charge is -2.36. The Labute approximate surface area is 120 Å². The summed E-state index contributed by atoms with van der Waals surface area (Å²) in [6.45, 7) is 9.08. The number of pyridine rings is 1. The van der Waals surface area contributed by atoms with Crippen LogP contribution in [-0.4, -0.2) is 23.7 Å². The summed E-state index contributed by atoms with van der Waals surface area (Å²) in [5.74, 6) is 5.71. The maximum atomic E-state index is 6.15. The third kappa shape index (κ3) is 4.73. The van der Waals surface area contributed by atoms with Gasteiger partial charge in [-0.05, 0) is 30.4 Å². The van der Waals surface area contributed by atoms with Crippen molar-refractivity contribution in [3.63, 3.8) is 0 Å². The van der Waals surface area contributed by atoms with Crippen LogP contribution in [0.3, 0.4) is 0 Å². The highest BCUT2D eigenvalue weighted by Gasteiger charge is 2.32. The van der Waals surface area contributed by atoms with Gasteiger partial charge in [-0.1, -0.05) is 32.4 Å². The van der Waals surface area contributed by atoms with Crippen molar-refractivity contribution in [3.05, 3.63) is 29.0 Å². The summed E-state index contributed by atoms with van der Waals surface area (Å²) in [4.78, 5) is 3.99. The zero-order valence-electron chi connectivity index (χ0n) is 12.1. The van der Waals surface area contributed by atoms with E-state index in [1.165, 1.54) is 0 Å². The fourth-order valence-electron chi connectivity index (χ4n) is 2.21. The molecule has 108 valence electrons. The van der Waals surface area contributed by atoms with Gasteiger partial charge < -0.3 is 4.74 Å². The Morgan fingerprint density at radius 3 is 2.63 bits per heavy atom. The van der Waals surface area contributed by atoms with Crippen LogP contribution in [0.1, 0.15) is 33.3 Å². The van der Waals surface area contributed by atoms with Crippen LogP contribution in [0, 0.1) is 5.41 Å². The summed E-state index contributed by atoms with van der Waals surface area (Å²) in [5.41, 5.74) is 3.88. The molecule has 0 bridgehead atoms. The zero-order valence-corrected chi connectivity index (χ0v) is 12.9. The van der Waals surface area contributed by atoms with Crippen molar-refractivity contribution in [1.29, 1.82) is 0 Å². The molecule has 0 fully saturated rings. The molecule has 0 radical (unpaired) electrons. The molecule has 0 amide bonds. The number of nitrogens with two attached hydrogens (primary N) is 1. The molecule has 1 heterocycles. The van der Waals surface area contributed by atoms with Gasteiger partial charge in [0.15, 0.2) is 0 Å². The van der Waals surface area contributed by atoms with Crippen LogP contribution in [0.4, 0.5) is 0 Å². The monoisotopic (exact) mass is 285 g/mol. The van der Waals surface area contributed by atoms with Crippen LogP contribution >= 0.6 is 11.6 Å². The number of nitrogens with one attached hydrogen (secondary N) is 1. The lowest BCUT2D eigenvalue weighted by Crippen LogP contribution is -2.52. The van der Waals surface area contributed by atoms with E-state index in [4.69, 9.17) is 22.2 Å². The molecule has 0 saturated carbocycles. The summed E-state index contributed by atoms with van der Waals surface area (Å²) in [7, 11) is 0. The van der Waals surface area contributed by atoms with Crippen LogP contribution < -0.4 is 11.3 Å². The van der Waals surface area contributed by atoms with Crippen molar-refractivity contribution in [2.24, 2.45) is 11.3 Å². The highest BCUT2D eigenvalue weighted by molar-refractivity contribution is 6.31. The van der Waals surface area contributed by atoms with Crippen LogP contribution in [-0.2, 0) is 11.2 Å². The Morgan fingerprint density at radius 1 is 1.47 bits per heavy atom. The predicted molar refractivity (Wildman–Crippen MR) is 78.9 cm³/mol. The SMILES string of the molecule is CCOC(C(Cc1ccncc1Cl)NN)C(C)(C)C. The Bertz CT molecular complexity index is 393. The molecule has 2 unspecified atom stereocenters. The topological polar surface area (TPSA) is 60.2 Å². The summed E-state index contributed by atoms with van der Waals surface area (Å²) in [6.07, 6.45) is 4.10. The van der Waals surface area contributed by atoms with Gasteiger partial charge in [-0.3, -0.25) is 16.3 Å². The molecule has 3 N–H and O–H groups in total. The second kappa shape index (κ2) is 7.20. The van der Waals surface area contributed by atoms with Crippen molar-refractivity contribution in [2.75, 3.05) is 6.61 Å². The van der Waals surface area contributed by atoms with Gasteiger partial charge in [-0.15, -0.1) is 0 Å². The van der Waals surface area contributed by atoms with Crippen molar-refractivity contribution >= 4 is 11.6 Å². The molecular formula is C14H24ClN3O. The molecule has 0 aliphatic heterocycles. The minimum absolute atomic E-state index is 0.000139. The Kier molecular flexibility index (Phi) is 6.20. The summed E-state index contributed by atoms with van der Waals surface area (Å²) in [5, 5.41) is 0.659. The lowest BCUT2D eigenvalue weighted by atomic mass is 9.82. The van der Waals surface area contributed by atoms with E-state index in [-0.39, 0.29) is 17.6 Å². The van der Waals surface area contributed by atoms with Crippen molar-refractivity contribution in [3.8, 4) is 0 Å². The van der Waals surface area contributed by atoms with E-state index in [1.807, 2.05) is 13.0 Å². The maximum absolute atomic E-state index is 6.15. The van der Waals surface area contributed by atoms with E-state index in [0.717, 1.165) is 5.56 Å². The van der Waals surface area contributed by atoms with Gasteiger partial charge in [0.2, 0.25) is 0 Å². The third-order valence-electron chi connectivity index (χ3n) is 3.08. The minimum Gasteiger partial charge on any atom is -0.376 e. The van der Waals surface area contributed by atoms with Crippen LogP contribution in [0.25, 0.3) is 0 Å². The van der Waals surface area contributed by atoms with Gasteiger partial charge in [0, 0.05) is 19.0 Å². The number of aromatic nitrogens is 1. The standard InChI is InChI=1S/C14H24ClN3O/c1-5-19-13(14(2,3)4)12(18-16)8-10-6-7-17-9-11(10)15/h6-7,9,12-13,18H,5,8,16H2,1-4H3. The largest absolute Gasteiger partial charge is 0.376 e. The van der Waals surface area contributed by atoms with E-state index < -0.39 is 0 Å². The Hall–Kier alpha value is -0.680. The average molecular weight is 286 g/mol. The van der Waals surface area contributed by atoms with Gasteiger partial charge in [0.25, 0.3) is 0 Å². The molecule has 5 heteroatoms.